The monoisotopic (exact) mass is 445 g/mol. The van der Waals surface area contributed by atoms with E-state index in [1.807, 2.05) is 13.8 Å². The molecule has 0 aromatic carbocycles. The molecule has 1 N–H and O–H groups in total. The van der Waals surface area contributed by atoms with Crippen LogP contribution in [0.4, 0.5) is 0 Å². The summed E-state index contributed by atoms with van der Waals surface area (Å²) < 4.78 is 41.0. The Morgan fingerprint density at radius 2 is 1.28 bits per heavy atom. The number of carbonyl (C=O) groups excluding carboxylic acids is 1. The minimum atomic E-state index is -4.40. The number of ether oxygens (including phenoxy) is 1. The predicted octanol–water partition coefficient (Wildman–Crippen LogP) is 5.62. The second kappa shape index (κ2) is 20.3. The van der Waals surface area contributed by atoms with Gasteiger partial charge >= 0.3 is 16.4 Å². The van der Waals surface area contributed by atoms with Crippen LogP contribution in [0.15, 0.2) is 0 Å². The molecule has 0 aromatic heterocycles. The number of hydrogen-bond donors (Lipinski definition) is 1. The van der Waals surface area contributed by atoms with Crippen molar-refractivity contribution in [3.63, 3.8) is 0 Å². The van der Waals surface area contributed by atoms with Crippen molar-refractivity contribution < 1.29 is 26.7 Å². The van der Waals surface area contributed by atoms with Crippen LogP contribution < -0.4 is 0 Å². The summed E-state index contributed by atoms with van der Waals surface area (Å²) in [5.41, 5.74) is 0. The molecule has 0 saturated carbocycles. The Bertz CT molecular complexity index is 482. The van der Waals surface area contributed by atoms with Crippen LogP contribution in [0.25, 0.3) is 0 Å². The first kappa shape index (κ1) is 31.5. The van der Waals surface area contributed by atoms with Gasteiger partial charge in [0.15, 0.2) is 0 Å². The average Bonchev–Trinajstić information content (AvgIpc) is 2.57. The molecule has 8 heteroatoms. The summed E-state index contributed by atoms with van der Waals surface area (Å²) in [6, 6.07) is 0. The van der Waals surface area contributed by atoms with Crippen molar-refractivity contribution in [3.05, 3.63) is 0 Å². The SMILES string of the molecule is CCCCCCCCCC(CCCCCCCC(=O)OC(C)C)OS(=O)(=O)O.[Na]. The molecule has 0 aliphatic carbocycles. The molecule has 6 nitrogen and oxygen atoms in total. The maximum atomic E-state index is 11.4. The maximum Gasteiger partial charge on any atom is 0.397 e. The average molecular weight is 446 g/mol. The van der Waals surface area contributed by atoms with E-state index in [2.05, 4.69) is 6.92 Å². The third-order valence-corrected chi connectivity index (χ3v) is 5.18. The Hall–Kier alpha value is 0.340. The fourth-order valence-corrected chi connectivity index (χ4v) is 3.77. The van der Waals surface area contributed by atoms with E-state index in [1.165, 1.54) is 25.7 Å². The fourth-order valence-electron chi connectivity index (χ4n) is 3.24. The van der Waals surface area contributed by atoms with Gasteiger partial charge in [0.1, 0.15) is 0 Å². The van der Waals surface area contributed by atoms with E-state index in [0.717, 1.165) is 51.4 Å². The van der Waals surface area contributed by atoms with Crippen LogP contribution in [0.5, 0.6) is 0 Å². The normalized spacial score (nSPS) is 12.6. The molecule has 169 valence electrons. The molecule has 1 unspecified atom stereocenters. The van der Waals surface area contributed by atoms with Crippen LogP contribution in [0.1, 0.15) is 117 Å². The van der Waals surface area contributed by atoms with Gasteiger partial charge in [-0.2, -0.15) is 8.42 Å². The van der Waals surface area contributed by atoms with Crippen LogP contribution >= 0.6 is 0 Å². The quantitative estimate of drug-likeness (QED) is 0.120. The van der Waals surface area contributed by atoms with Gasteiger partial charge in [0.25, 0.3) is 0 Å². The molecule has 0 heterocycles. The van der Waals surface area contributed by atoms with E-state index in [4.69, 9.17) is 13.5 Å². The summed E-state index contributed by atoms with van der Waals surface area (Å²) in [6.45, 7) is 5.88. The first-order valence-corrected chi connectivity index (χ1v) is 12.5. The number of rotatable bonds is 19. The molecular weight excluding hydrogens is 403 g/mol. The van der Waals surface area contributed by atoms with E-state index in [9.17, 15) is 13.2 Å². The number of unbranched alkanes of at least 4 members (excludes halogenated alkanes) is 10. The molecule has 0 amide bonds. The Morgan fingerprint density at radius 3 is 1.72 bits per heavy atom. The van der Waals surface area contributed by atoms with Crippen LogP contribution in [-0.4, -0.2) is 60.7 Å². The number of hydrogen-bond acceptors (Lipinski definition) is 5. The summed E-state index contributed by atoms with van der Waals surface area (Å²) in [5, 5.41) is 0. The van der Waals surface area contributed by atoms with Crippen molar-refractivity contribution in [1.29, 1.82) is 0 Å². The predicted molar refractivity (Wildman–Crippen MR) is 118 cm³/mol. The van der Waals surface area contributed by atoms with E-state index in [1.54, 1.807) is 0 Å². The Labute approximate surface area is 201 Å². The minimum Gasteiger partial charge on any atom is -0.463 e. The molecule has 1 radical (unpaired) electrons. The summed E-state index contributed by atoms with van der Waals surface area (Å²) in [5.74, 6) is -0.147. The maximum absolute atomic E-state index is 11.4. The summed E-state index contributed by atoms with van der Waals surface area (Å²) in [6.07, 6.45) is 13.9. The van der Waals surface area contributed by atoms with Crippen molar-refractivity contribution in [2.45, 2.75) is 129 Å². The fraction of sp³-hybridized carbons (Fsp3) is 0.952. The second-order valence-corrected chi connectivity index (χ2v) is 8.95. The Kier molecular flexibility index (Phi) is 22.0. The van der Waals surface area contributed by atoms with Gasteiger partial charge in [-0.1, -0.05) is 77.6 Å². The van der Waals surface area contributed by atoms with Gasteiger partial charge in [-0.15, -0.1) is 0 Å². The molecule has 1 atom stereocenters. The zero-order valence-corrected chi connectivity index (χ0v) is 22.0. The van der Waals surface area contributed by atoms with Crippen molar-refractivity contribution >= 4 is 45.9 Å². The topological polar surface area (TPSA) is 89.9 Å². The van der Waals surface area contributed by atoms with E-state index in [0.29, 0.717) is 19.3 Å². The van der Waals surface area contributed by atoms with Crippen molar-refractivity contribution in [1.82, 2.24) is 0 Å². The summed E-state index contributed by atoms with van der Waals surface area (Å²) >= 11 is 0. The van der Waals surface area contributed by atoms with E-state index < -0.39 is 16.5 Å². The van der Waals surface area contributed by atoms with Crippen LogP contribution in [-0.2, 0) is 24.1 Å². The number of esters is 1. The Morgan fingerprint density at radius 1 is 0.828 bits per heavy atom. The first-order chi connectivity index (χ1) is 13.2. The summed E-state index contributed by atoms with van der Waals surface area (Å²) in [7, 11) is -4.40. The minimum absolute atomic E-state index is 0. The molecule has 29 heavy (non-hydrogen) atoms. The molecule has 0 bridgehead atoms. The molecular formula is C21H42NaO6S. The van der Waals surface area contributed by atoms with Gasteiger partial charge < -0.3 is 4.74 Å². The van der Waals surface area contributed by atoms with Gasteiger partial charge in [-0.05, 0) is 33.1 Å². The van der Waals surface area contributed by atoms with Crippen LogP contribution in [0.2, 0.25) is 0 Å². The molecule has 0 aliphatic heterocycles. The van der Waals surface area contributed by atoms with Crippen molar-refractivity contribution in [2.24, 2.45) is 0 Å². The van der Waals surface area contributed by atoms with E-state index in [-0.39, 0.29) is 41.6 Å². The van der Waals surface area contributed by atoms with Crippen molar-refractivity contribution in [2.75, 3.05) is 0 Å². The Balaban J connectivity index is 0. The number of carbonyl (C=O) groups is 1. The summed E-state index contributed by atoms with van der Waals surface area (Å²) in [4.78, 5) is 11.4. The van der Waals surface area contributed by atoms with Gasteiger partial charge in [0.2, 0.25) is 0 Å². The largest absolute Gasteiger partial charge is 0.463 e. The standard InChI is InChI=1S/C21H42O6S.Na/c1-4-5-6-7-8-10-13-16-20(27-28(23,24)25)17-14-11-9-12-15-18-21(22)26-19(2)3;/h19-20H,4-18H2,1-3H3,(H,23,24,25);. The van der Waals surface area contributed by atoms with Crippen molar-refractivity contribution in [3.8, 4) is 0 Å². The first-order valence-electron chi connectivity index (χ1n) is 11.1. The van der Waals surface area contributed by atoms with Crippen LogP contribution in [0.3, 0.4) is 0 Å². The van der Waals surface area contributed by atoms with Crippen LogP contribution in [0, 0.1) is 0 Å². The third-order valence-electron chi connectivity index (χ3n) is 4.66. The molecule has 0 aromatic rings. The molecule has 0 fully saturated rings. The smallest absolute Gasteiger partial charge is 0.397 e. The molecule has 0 rings (SSSR count). The van der Waals surface area contributed by atoms with E-state index >= 15 is 0 Å². The van der Waals surface area contributed by atoms with Gasteiger partial charge in [0.05, 0.1) is 12.2 Å². The zero-order valence-electron chi connectivity index (χ0n) is 19.2. The van der Waals surface area contributed by atoms with Gasteiger partial charge in [0, 0.05) is 36.0 Å². The zero-order chi connectivity index (χ0) is 21.3. The molecule has 0 saturated heterocycles. The second-order valence-electron chi connectivity index (χ2n) is 7.90. The molecule has 0 spiro atoms. The molecule has 0 aliphatic rings. The van der Waals surface area contributed by atoms with Gasteiger partial charge in [-0.3, -0.25) is 9.35 Å². The third kappa shape index (κ3) is 24.5. The van der Waals surface area contributed by atoms with Gasteiger partial charge in [-0.25, -0.2) is 4.18 Å².